The molecule has 1 N–H and O–H groups in total. The first-order valence-corrected chi connectivity index (χ1v) is 13.7. The van der Waals surface area contributed by atoms with Gasteiger partial charge in [0.05, 0.1) is 29.4 Å². The van der Waals surface area contributed by atoms with Gasteiger partial charge in [-0.25, -0.2) is 13.6 Å². The second-order valence-electron chi connectivity index (χ2n) is 10.7. The number of ether oxygens (including phenoxy) is 2. The molecule has 2 saturated heterocycles. The minimum absolute atomic E-state index is 0.0135. The van der Waals surface area contributed by atoms with Gasteiger partial charge in [-0.3, -0.25) is 14.6 Å². The molecule has 0 bridgehead atoms. The SMILES string of the molecule is O=C(O)C1COCN1C(=O)c1cc(C2CC2)c(OCC2CCN(Cc3cc(C(F)(F)F)cc(Cl)c3F)CC2)cc1F. The van der Waals surface area contributed by atoms with Crippen LogP contribution in [0.25, 0.3) is 0 Å². The van der Waals surface area contributed by atoms with Gasteiger partial charge in [0.2, 0.25) is 0 Å². The van der Waals surface area contributed by atoms with E-state index >= 15 is 4.39 Å². The number of hydrogen-bond acceptors (Lipinski definition) is 5. The summed E-state index contributed by atoms with van der Waals surface area (Å²) in [5.74, 6) is -3.15. The molecule has 2 heterocycles. The highest BCUT2D eigenvalue weighted by molar-refractivity contribution is 6.30. The molecule has 222 valence electrons. The summed E-state index contributed by atoms with van der Waals surface area (Å²) in [4.78, 5) is 27.3. The number of carbonyl (C=O) groups excluding carboxylic acids is 1. The number of likely N-dealkylation sites (tertiary alicyclic amines) is 1. The Labute approximate surface area is 237 Å². The first-order chi connectivity index (χ1) is 19.4. The van der Waals surface area contributed by atoms with E-state index in [9.17, 15) is 32.3 Å². The van der Waals surface area contributed by atoms with Crippen molar-refractivity contribution < 1.29 is 46.1 Å². The largest absolute Gasteiger partial charge is 0.493 e. The van der Waals surface area contributed by atoms with Crippen LogP contribution in [0.3, 0.4) is 0 Å². The van der Waals surface area contributed by atoms with Crippen molar-refractivity contribution in [3.05, 3.63) is 63.2 Å². The molecule has 1 saturated carbocycles. The van der Waals surface area contributed by atoms with Gasteiger partial charge in [-0.15, -0.1) is 0 Å². The molecule has 1 aliphatic carbocycles. The molecule has 0 radical (unpaired) electrons. The van der Waals surface area contributed by atoms with Crippen LogP contribution in [0, 0.1) is 17.6 Å². The van der Waals surface area contributed by atoms with Crippen molar-refractivity contribution in [1.82, 2.24) is 9.80 Å². The van der Waals surface area contributed by atoms with E-state index in [0.717, 1.165) is 23.8 Å². The normalized spacial score (nSPS) is 20.4. The van der Waals surface area contributed by atoms with Crippen molar-refractivity contribution in [3.63, 3.8) is 0 Å². The monoisotopic (exact) mass is 602 g/mol. The molecule has 41 heavy (non-hydrogen) atoms. The third kappa shape index (κ3) is 6.60. The number of carboxylic acid groups (broad SMARTS) is 1. The van der Waals surface area contributed by atoms with Crippen LogP contribution in [0.5, 0.6) is 5.75 Å². The molecule has 1 unspecified atom stereocenters. The summed E-state index contributed by atoms with van der Waals surface area (Å²) < 4.78 is 80.1. The van der Waals surface area contributed by atoms with Gasteiger partial charge in [0.15, 0.2) is 6.04 Å². The van der Waals surface area contributed by atoms with Gasteiger partial charge < -0.3 is 14.6 Å². The molecular formula is C28H28ClF5N2O5. The van der Waals surface area contributed by atoms with Crippen LogP contribution in [-0.4, -0.2) is 65.9 Å². The molecule has 1 amide bonds. The summed E-state index contributed by atoms with van der Waals surface area (Å²) in [6.07, 6.45) is -1.65. The van der Waals surface area contributed by atoms with E-state index < -0.39 is 46.3 Å². The molecule has 1 atom stereocenters. The second-order valence-corrected chi connectivity index (χ2v) is 11.1. The highest BCUT2D eigenvalue weighted by Crippen LogP contribution is 2.45. The summed E-state index contributed by atoms with van der Waals surface area (Å²) in [5, 5.41) is 8.77. The number of aliphatic carboxylic acids is 1. The molecule has 0 spiro atoms. The Bertz CT molecular complexity index is 1330. The van der Waals surface area contributed by atoms with Gasteiger partial charge >= 0.3 is 12.1 Å². The summed E-state index contributed by atoms with van der Waals surface area (Å²) in [6.45, 7) is 0.854. The van der Waals surface area contributed by atoms with Crippen LogP contribution in [0.15, 0.2) is 24.3 Å². The van der Waals surface area contributed by atoms with Crippen LogP contribution >= 0.6 is 11.6 Å². The zero-order valence-electron chi connectivity index (χ0n) is 21.9. The fourth-order valence-corrected chi connectivity index (χ4v) is 5.50. The summed E-state index contributed by atoms with van der Waals surface area (Å²) >= 11 is 5.71. The maximum atomic E-state index is 15.1. The summed E-state index contributed by atoms with van der Waals surface area (Å²) in [5.41, 5.74) is -0.653. The number of carboxylic acids is 1. The molecule has 2 aromatic carbocycles. The van der Waals surface area contributed by atoms with E-state index in [1.807, 2.05) is 4.90 Å². The minimum atomic E-state index is -4.63. The smallest absolute Gasteiger partial charge is 0.416 e. The lowest BCUT2D eigenvalue weighted by molar-refractivity contribution is -0.141. The lowest BCUT2D eigenvalue weighted by Crippen LogP contribution is -2.42. The Morgan fingerprint density at radius 1 is 1.07 bits per heavy atom. The minimum Gasteiger partial charge on any atom is -0.493 e. The lowest BCUT2D eigenvalue weighted by atomic mass is 9.97. The van der Waals surface area contributed by atoms with Crippen molar-refractivity contribution in [3.8, 4) is 5.75 Å². The molecule has 3 fully saturated rings. The Morgan fingerprint density at radius 3 is 2.41 bits per heavy atom. The van der Waals surface area contributed by atoms with Crippen LogP contribution in [-0.2, 0) is 22.3 Å². The topological polar surface area (TPSA) is 79.3 Å². The van der Waals surface area contributed by atoms with Gasteiger partial charge in [0, 0.05) is 18.2 Å². The van der Waals surface area contributed by atoms with Crippen molar-refractivity contribution >= 4 is 23.5 Å². The Morgan fingerprint density at radius 2 is 1.78 bits per heavy atom. The number of piperidine rings is 1. The zero-order valence-corrected chi connectivity index (χ0v) is 22.6. The van der Waals surface area contributed by atoms with Crippen molar-refractivity contribution in [2.45, 2.75) is 50.4 Å². The van der Waals surface area contributed by atoms with E-state index in [4.69, 9.17) is 21.1 Å². The molecule has 2 aromatic rings. The van der Waals surface area contributed by atoms with Crippen molar-refractivity contribution in [1.29, 1.82) is 0 Å². The van der Waals surface area contributed by atoms with E-state index in [-0.39, 0.29) is 49.5 Å². The third-order valence-electron chi connectivity index (χ3n) is 7.78. The molecule has 2 aliphatic heterocycles. The van der Waals surface area contributed by atoms with Crippen LogP contribution in [0.4, 0.5) is 22.0 Å². The van der Waals surface area contributed by atoms with E-state index in [1.165, 1.54) is 12.1 Å². The maximum Gasteiger partial charge on any atom is 0.416 e. The lowest BCUT2D eigenvalue weighted by Gasteiger charge is -2.32. The number of hydrogen-bond donors (Lipinski definition) is 1. The van der Waals surface area contributed by atoms with E-state index in [1.54, 1.807) is 0 Å². The first-order valence-electron chi connectivity index (χ1n) is 13.3. The molecular weight excluding hydrogens is 575 g/mol. The fourth-order valence-electron chi connectivity index (χ4n) is 5.26. The number of amides is 1. The predicted octanol–water partition coefficient (Wildman–Crippen LogP) is 5.69. The molecule has 13 heteroatoms. The maximum absolute atomic E-state index is 15.1. The average Bonchev–Trinajstić information content (AvgIpc) is 3.64. The number of nitrogens with zero attached hydrogens (tertiary/aromatic N) is 2. The Kier molecular flexibility index (Phi) is 8.45. The Balaban J connectivity index is 1.21. The number of rotatable bonds is 8. The van der Waals surface area contributed by atoms with Crippen molar-refractivity contribution in [2.75, 3.05) is 33.0 Å². The van der Waals surface area contributed by atoms with Gasteiger partial charge in [0.1, 0.15) is 24.1 Å². The van der Waals surface area contributed by atoms with Crippen molar-refractivity contribution in [2.24, 2.45) is 5.92 Å². The van der Waals surface area contributed by atoms with Gasteiger partial charge in [-0.1, -0.05) is 11.6 Å². The van der Waals surface area contributed by atoms with Gasteiger partial charge in [0.25, 0.3) is 5.91 Å². The molecule has 7 nitrogen and oxygen atoms in total. The average molecular weight is 603 g/mol. The van der Waals surface area contributed by atoms with Crippen LogP contribution in [0.1, 0.15) is 58.6 Å². The summed E-state index contributed by atoms with van der Waals surface area (Å²) in [6, 6.07) is 2.80. The van der Waals surface area contributed by atoms with Crippen LogP contribution in [0.2, 0.25) is 5.02 Å². The third-order valence-corrected chi connectivity index (χ3v) is 8.06. The zero-order chi connectivity index (χ0) is 29.5. The number of carbonyl (C=O) groups is 2. The van der Waals surface area contributed by atoms with Gasteiger partial charge in [-0.2, -0.15) is 13.2 Å². The van der Waals surface area contributed by atoms with Gasteiger partial charge in [-0.05, 0) is 74.4 Å². The van der Waals surface area contributed by atoms with Crippen LogP contribution < -0.4 is 4.74 Å². The standard InChI is InChI=1S/C28H28ClF5N2O5/c29-21-8-18(28(32,33)34)7-17(25(21)31)11-35-5-3-15(4-6-35)12-41-24-10-22(30)20(9-19(24)16-1-2-16)26(37)36-14-40-13-23(36)27(38)39/h7-10,15-16,23H,1-6,11-14H2,(H,38,39). The quantitative estimate of drug-likeness (QED) is 0.391. The second kappa shape index (κ2) is 11.7. The summed E-state index contributed by atoms with van der Waals surface area (Å²) in [7, 11) is 0. The molecule has 3 aliphatic rings. The first kappa shape index (κ1) is 29.5. The van der Waals surface area contributed by atoms with E-state index in [0.29, 0.717) is 43.3 Å². The Hall–Kier alpha value is -2.96. The highest BCUT2D eigenvalue weighted by Gasteiger charge is 2.38. The predicted molar refractivity (Wildman–Crippen MR) is 137 cm³/mol. The number of halogens is 6. The number of benzene rings is 2. The highest BCUT2D eigenvalue weighted by atomic mass is 35.5. The molecule has 5 rings (SSSR count). The van der Waals surface area contributed by atoms with E-state index in [2.05, 4.69) is 0 Å². The fraction of sp³-hybridized carbons (Fsp3) is 0.500. The number of alkyl halides is 3. The molecule has 0 aromatic heterocycles.